The number of β-amino-alcohol motifs (C(OH)–C–C–N with tert-alkyl or cyclic N) is 1. The van der Waals surface area contributed by atoms with Crippen molar-refractivity contribution >= 4 is 51.4 Å². The second kappa shape index (κ2) is 12.0. The molecule has 1 atom stereocenters. The van der Waals surface area contributed by atoms with Gasteiger partial charge in [0, 0.05) is 67.7 Å². The van der Waals surface area contributed by atoms with E-state index in [0.29, 0.717) is 47.4 Å². The molecule has 11 heteroatoms. The van der Waals surface area contributed by atoms with Crippen LogP contribution in [0.4, 0.5) is 17.2 Å². The number of hydrogen-bond acceptors (Lipinski definition) is 8. The first-order valence-corrected chi connectivity index (χ1v) is 15.4. The van der Waals surface area contributed by atoms with Crippen molar-refractivity contribution in [2.75, 3.05) is 23.7 Å². The highest BCUT2D eigenvalue weighted by atomic mass is 35.5. The molecule has 1 fully saturated rings. The van der Waals surface area contributed by atoms with Crippen molar-refractivity contribution < 1.29 is 14.7 Å². The number of aliphatic hydroxyl groups is 1. The molecular formula is C34H32ClN7O3. The number of rotatable bonds is 7. The second-order valence-electron chi connectivity index (χ2n) is 11.6. The zero-order chi connectivity index (χ0) is 31.1. The van der Waals surface area contributed by atoms with Gasteiger partial charge in [-0.15, -0.1) is 0 Å². The van der Waals surface area contributed by atoms with Crippen LogP contribution in [0, 0.1) is 6.92 Å². The van der Waals surface area contributed by atoms with E-state index in [2.05, 4.69) is 31.7 Å². The molecule has 3 aromatic heterocycles. The molecule has 0 spiro atoms. The number of nitrogens with zero attached hydrogens (tertiary/aromatic N) is 5. The van der Waals surface area contributed by atoms with E-state index in [9.17, 15) is 14.7 Å². The molecule has 2 aromatic carbocycles. The molecule has 1 amide bonds. The highest BCUT2D eigenvalue weighted by molar-refractivity contribution is 6.36. The molecule has 2 aliphatic heterocycles. The highest BCUT2D eigenvalue weighted by Gasteiger charge is 2.23. The van der Waals surface area contributed by atoms with Crippen LogP contribution < -0.4 is 10.6 Å². The first-order chi connectivity index (χ1) is 21.8. The van der Waals surface area contributed by atoms with E-state index in [1.807, 2.05) is 55.6 Å². The maximum Gasteiger partial charge on any atom is 0.276 e. The van der Waals surface area contributed by atoms with Crippen LogP contribution in [0.3, 0.4) is 0 Å². The SMILES string of the molecule is Cc1c(NC(=O)c2cc3n(n2)CCCC3=O)cccc1-c1cccc(Nc2nccc3cc(CN4CC[C@@H](O)C4)cnc23)c1Cl. The molecule has 2 aliphatic rings. The van der Waals surface area contributed by atoms with Gasteiger partial charge in [0.2, 0.25) is 0 Å². The topological polar surface area (TPSA) is 125 Å². The number of Topliss-reactive ketones (excluding diaryl/α,β-unsaturated/α-hetero) is 1. The Balaban J connectivity index is 1.13. The summed E-state index contributed by atoms with van der Waals surface area (Å²) in [6.07, 6.45) is 5.34. The minimum Gasteiger partial charge on any atom is -0.392 e. The largest absolute Gasteiger partial charge is 0.392 e. The summed E-state index contributed by atoms with van der Waals surface area (Å²) in [5, 5.41) is 22.0. The Hall–Kier alpha value is -4.64. The normalized spacial score (nSPS) is 16.6. The van der Waals surface area contributed by atoms with Gasteiger partial charge in [0.1, 0.15) is 11.2 Å². The maximum absolute atomic E-state index is 13.1. The van der Waals surface area contributed by atoms with Crippen LogP contribution in [0.5, 0.6) is 0 Å². The standard InChI is InChI=1S/C34H32ClN7O3/c1-20-24(5-2-7-26(20)39-34(45)28-16-29-30(44)9-4-13-42(29)40-28)25-6-3-8-27(31(25)35)38-33-32-22(10-12-36-33)15-21(17-37-32)18-41-14-11-23(43)19-41/h2-3,5-8,10,12,15-17,23,43H,4,9,11,13-14,18-19H2,1H3,(H,36,38)(H,39,45)/t23-/m1/s1. The fourth-order valence-electron chi connectivity index (χ4n) is 6.15. The Kier molecular flexibility index (Phi) is 7.78. The van der Waals surface area contributed by atoms with Gasteiger partial charge in [0.05, 0.1) is 16.8 Å². The number of hydrogen-bond donors (Lipinski definition) is 3. The van der Waals surface area contributed by atoms with Gasteiger partial charge in [-0.25, -0.2) is 4.98 Å². The average molecular weight is 622 g/mol. The molecule has 10 nitrogen and oxygen atoms in total. The number of nitrogens with one attached hydrogen (secondary N) is 2. The van der Waals surface area contributed by atoms with E-state index in [0.717, 1.165) is 59.1 Å². The summed E-state index contributed by atoms with van der Waals surface area (Å²) < 4.78 is 1.61. The summed E-state index contributed by atoms with van der Waals surface area (Å²) in [5.41, 5.74) is 6.30. The van der Waals surface area contributed by atoms with Gasteiger partial charge >= 0.3 is 0 Å². The molecule has 0 bridgehead atoms. The van der Waals surface area contributed by atoms with Gasteiger partial charge in [-0.2, -0.15) is 5.10 Å². The van der Waals surface area contributed by atoms with Crippen LogP contribution in [0.1, 0.15) is 51.4 Å². The fraction of sp³-hybridized carbons (Fsp3) is 0.265. The van der Waals surface area contributed by atoms with Gasteiger partial charge in [-0.1, -0.05) is 35.9 Å². The molecule has 5 aromatic rings. The number of aliphatic hydroxyl groups excluding tert-OH is 1. The van der Waals surface area contributed by atoms with Gasteiger partial charge in [0.15, 0.2) is 17.3 Å². The number of benzene rings is 2. The van der Waals surface area contributed by atoms with Crippen LogP contribution in [0.15, 0.2) is 67.0 Å². The summed E-state index contributed by atoms with van der Waals surface area (Å²) in [6, 6.07) is 17.0. The van der Waals surface area contributed by atoms with Crippen molar-refractivity contribution in [2.24, 2.45) is 0 Å². The number of halogens is 1. The minimum absolute atomic E-state index is 0.00684. The summed E-state index contributed by atoms with van der Waals surface area (Å²) in [4.78, 5) is 36.9. The van der Waals surface area contributed by atoms with E-state index in [-0.39, 0.29) is 23.5 Å². The summed E-state index contributed by atoms with van der Waals surface area (Å²) in [5.74, 6) is 0.225. The number of anilines is 3. The van der Waals surface area contributed by atoms with Crippen LogP contribution in [-0.4, -0.2) is 60.6 Å². The zero-order valence-corrected chi connectivity index (χ0v) is 25.5. The van der Waals surface area contributed by atoms with Gasteiger partial charge in [0.25, 0.3) is 5.91 Å². The van der Waals surface area contributed by atoms with E-state index >= 15 is 0 Å². The molecule has 0 aliphatic carbocycles. The lowest BCUT2D eigenvalue weighted by Gasteiger charge is -2.17. The van der Waals surface area contributed by atoms with Crippen molar-refractivity contribution in [1.82, 2.24) is 24.6 Å². The third kappa shape index (κ3) is 5.80. The Morgan fingerprint density at radius 2 is 1.89 bits per heavy atom. The van der Waals surface area contributed by atoms with E-state index in [1.54, 1.807) is 16.9 Å². The molecular weight excluding hydrogens is 590 g/mol. The first kappa shape index (κ1) is 29.1. The smallest absolute Gasteiger partial charge is 0.276 e. The molecule has 0 unspecified atom stereocenters. The van der Waals surface area contributed by atoms with Crippen LogP contribution in [0.25, 0.3) is 22.0 Å². The number of aryl methyl sites for hydroxylation is 1. The molecule has 0 saturated carbocycles. The van der Waals surface area contributed by atoms with E-state index < -0.39 is 0 Å². The number of pyridine rings is 2. The van der Waals surface area contributed by atoms with Crippen molar-refractivity contribution in [3.63, 3.8) is 0 Å². The Bertz CT molecular complexity index is 1960. The second-order valence-corrected chi connectivity index (χ2v) is 12.0. The van der Waals surface area contributed by atoms with Gasteiger partial charge < -0.3 is 15.7 Å². The summed E-state index contributed by atoms with van der Waals surface area (Å²) >= 11 is 7.01. The van der Waals surface area contributed by atoms with Crippen LogP contribution in [0.2, 0.25) is 5.02 Å². The lowest BCUT2D eigenvalue weighted by molar-refractivity contribution is 0.0950. The van der Waals surface area contributed by atoms with Crippen molar-refractivity contribution in [1.29, 1.82) is 0 Å². The third-order valence-electron chi connectivity index (χ3n) is 8.51. The number of fused-ring (bicyclic) bond motifs is 2. The number of likely N-dealkylation sites (tertiary alicyclic amines) is 1. The number of amides is 1. The predicted octanol–water partition coefficient (Wildman–Crippen LogP) is 5.99. The summed E-state index contributed by atoms with van der Waals surface area (Å²) in [7, 11) is 0. The molecule has 0 radical (unpaired) electrons. The number of ketones is 1. The zero-order valence-electron chi connectivity index (χ0n) is 24.8. The lowest BCUT2D eigenvalue weighted by Crippen LogP contribution is -2.21. The Labute approximate surface area is 265 Å². The lowest BCUT2D eigenvalue weighted by atomic mass is 9.98. The third-order valence-corrected chi connectivity index (χ3v) is 8.91. The quantitative estimate of drug-likeness (QED) is 0.202. The molecule has 3 N–H and O–H groups in total. The molecule has 5 heterocycles. The van der Waals surface area contributed by atoms with Crippen molar-refractivity contribution in [3.8, 4) is 11.1 Å². The van der Waals surface area contributed by atoms with Crippen LogP contribution >= 0.6 is 11.6 Å². The van der Waals surface area contributed by atoms with E-state index in [1.165, 1.54) is 0 Å². The average Bonchev–Trinajstić information content (AvgIpc) is 3.66. The monoisotopic (exact) mass is 621 g/mol. The Morgan fingerprint density at radius 1 is 1.07 bits per heavy atom. The van der Waals surface area contributed by atoms with Crippen molar-refractivity contribution in [3.05, 3.63) is 94.5 Å². The predicted molar refractivity (Wildman–Crippen MR) is 174 cm³/mol. The van der Waals surface area contributed by atoms with E-state index in [4.69, 9.17) is 16.6 Å². The van der Waals surface area contributed by atoms with Crippen LogP contribution in [-0.2, 0) is 13.1 Å². The minimum atomic E-state index is -0.373. The Morgan fingerprint density at radius 3 is 2.69 bits per heavy atom. The number of aromatic nitrogens is 4. The number of carbonyl (C=O) groups excluding carboxylic acids is 2. The van der Waals surface area contributed by atoms with Gasteiger partial charge in [-0.3, -0.25) is 24.2 Å². The molecule has 45 heavy (non-hydrogen) atoms. The highest BCUT2D eigenvalue weighted by Crippen LogP contribution is 2.39. The maximum atomic E-state index is 13.1. The number of carbonyl (C=O) groups is 2. The fourth-order valence-corrected chi connectivity index (χ4v) is 6.43. The molecule has 228 valence electrons. The molecule has 7 rings (SSSR count). The van der Waals surface area contributed by atoms with Crippen molar-refractivity contribution in [2.45, 2.75) is 45.4 Å². The summed E-state index contributed by atoms with van der Waals surface area (Å²) in [6.45, 7) is 4.85. The van der Waals surface area contributed by atoms with Gasteiger partial charge in [-0.05, 0) is 60.7 Å². The molecule has 1 saturated heterocycles. The first-order valence-electron chi connectivity index (χ1n) is 15.1.